The van der Waals surface area contributed by atoms with Crippen LogP contribution in [-0.4, -0.2) is 23.3 Å². The van der Waals surface area contributed by atoms with Crippen molar-refractivity contribution in [1.82, 2.24) is 4.90 Å². The first kappa shape index (κ1) is 13.6. The van der Waals surface area contributed by atoms with E-state index in [0.29, 0.717) is 5.56 Å². The van der Waals surface area contributed by atoms with Crippen molar-refractivity contribution >= 4 is 18.1 Å². The second kappa shape index (κ2) is 5.52. The minimum atomic E-state index is -0.327. The Kier molecular flexibility index (Phi) is 3.57. The molecule has 0 saturated carbocycles. The first-order valence-corrected chi connectivity index (χ1v) is 6.97. The highest BCUT2D eigenvalue weighted by atomic mass is 19.1. The fourth-order valence-electron chi connectivity index (χ4n) is 2.51. The van der Waals surface area contributed by atoms with Crippen LogP contribution in [0.3, 0.4) is 0 Å². The zero-order valence-electron chi connectivity index (χ0n) is 11.8. The summed E-state index contributed by atoms with van der Waals surface area (Å²) in [6.45, 7) is 2.35. The van der Waals surface area contributed by atoms with Gasteiger partial charge in [0.1, 0.15) is 5.82 Å². The van der Waals surface area contributed by atoms with Crippen LogP contribution < -0.4 is 10.4 Å². The van der Waals surface area contributed by atoms with Gasteiger partial charge >= 0.3 is 0 Å². The third-order valence-electron chi connectivity index (χ3n) is 3.74. The molecule has 1 unspecified atom stereocenters. The number of fused-ring (bicyclic) bond motifs is 1. The number of Topliss-reactive ketones (excluding diaryl/α,β-unsaturated/α-hetero) is 1. The molecule has 1 aliphatic rings. The molecule has 0 N–H and O–H groups in total. The molecule has 1 heterocycles. The molecule has 1 atom stereocenters. The van der Waals surface area contributed by atoms with Crippen LogP contribution in [0.4, 0.5) is 4.39 Å². The molecule has 2 aromatic rings. The Balaban J connectivity index is 1.84. The van der Waals surface area contributed by atoms with Crippen LogP contribution in [0.5, 0.6) is 0 Å². The van der Waals surface area contributed by atoms with Crippen molar-refractivity contribution in [1.29, 1.82) is 0 Å². The Morgan fingerprint density at radius 2 is 1.76 bits per heavy atom. The molecule has 0 radical (unpaired) electrons. The molecule has 0 bridgehead atoms. The van der Waals surface area contributed by atoms with Crippen LogP contribution in [0.15, 0.2) is 48.5 Å². The van der Waals surface area contributed by atoms with E-state index in [4.69, 9.17) is 0 Å². The molecule has 106 valence electrons. The number of rotatable bonds is 3. The van der Waals surface area contributed by atoms with Crippen molar-refractivity contribution in [2.45, 2.75) is 13.0 Å². The number of hydrogen-bond acceptors (Lipinski definition) is 2. The lowest BCUT2D eigenvalue weighted by Gasteiger charge is -2.27. The monoisotopic (exact) mass is 281 g/mol. The van der Waals surface area contributed by atoms with Crippen molar-refractivity contribution in [3.05, 3.63) is 70.3 Å². The lowest BCUT2D eigenvalue weighted by molar-refractivity contribution is 0.0956. The summed E-state index contributed by atoms with van der Waals surface area (Å²) in [6.07, 6.45) is 4.16. The summed E-state index contributed by atoms with van der Waals surface area (Å²) in [5, 5.41) is 2.30. The molecular formula is C18H16FNO. The highest BCUT2D eigenvalue weighted by Gasteiger charge is 2.16. The second-order valence-corrected chi connectivity index (χ2v) is 5.27. The fourth-order valence-corrected chi connectivity index (χ4v) is 2.51. The number of halogens is 1. The quantitative estimate of drug-likeness (QED) is 0.801. The van der Waals surface area contributed by atoms with Crippen molar-refractivity contribution in [3.8, 4) is 0 Å². The first-order chi connectivity index (χ1) is 10.1. The molecular weight excluding hydrogens is 265 g/mol. The molecule has 1 aliphatic heterocycles. The van der Waals surface area contributed by atoms with Crippen LogP contribution in [0, 0.1) is 5.82 Å². The minimum absolute atomic E-state index is 0.00844. The number of hydrogen-bond donors (Lipinski definition) is 0. The second-order valence-electron chi connectivity index (χ2n) is 5.27. The Hall–Kier alpha value is -2.42. The summed E-state index contributed by atoms with van der Waals surface area (Å²) in [5.74, 6) is -0.336. The fraction of sp³-hybridized carbons (Fsp3) is 0.167. The number of carbonyl (C=O) groups is 1. The Morgan fingerprint density at radius 3 is 2.48 bits per heavy atom. The highest BCUT2D eigenvalue weighted by molar-refractivity contribution is 5.97. The van der Waals surface area contributed by atoms with Gasteiger partial charge in [-0.3, -0.25) is 4.79 Å². The zero-order chi connectivity index (χ0) is 14.8. The summed E-state index contributed by atoms with van der Waals surface area (Å²) in [4.78, 5) is 14.3. The molecule has 2 nitrogen and oxygen atoms in total. The summed E-state index contributed by atoms with van der Waals surface area (Å²) < 4.78 is 12.9. The molecule has 2 aromatic carbocycles. The lowest BCUT2D eigenvalue weighted by atomic mass is 10.1. The molecule has 21 heavy (non-hydrogen) atoms. The molecule has 3 heteroatoms. The average Bonchev–Trinajstić information content (AvgIpc) is 2.48. The standard InChI is InChI=1S/C18H16FNO/c1-13-10-15-4-2-3-5-16(15)11-20(13)12-18(21)14-6-8-17(19)9-7-14/h2-11,13H,12H2,1H3. The van der Waals surface area contributed by atoms with E-state index in [2.05, 4.69) is 19.1 Å². The maximum Gasteiger partial charge on any atom is 0.182 e. The number of carbonyl (C=O) groups excluding carboxylic acids is 1. The van der Waals surface area contributed by atoms with E-state index in [9.17, 15) is 9.18 Å². The molecule has 0 saturated heterocycles. The first-order valence-electron chi connectivity index (χ1n) is 6.97. The summed E-state index contributed by atoms with van der Waals surface area (Å²) in [5.41, 5.74) is 0.538. The van der Waals surface area contributed by atoms with E-state index in [-0.39, 0.29) is 24.2 Å². The maximum atomic E-state index is 12.9. The van der Waals surface area contributed by atoms with E-state index in [1.54, 1.807) is 0 Å². The average molecular weight is 281 g/mol. The van der Waals surface area contributed by atoms with Crippen LogP contribution in [0.2, 0.25) is 0 Å². The van der Waals surface area contributed by atoms with Crippen molar-refractivity contribution in [3.63, 3.8) is 0 Å². The van der Waals surface area contributed by atoms with Crippen molar-refractivity contribution in [2.24, 2.45) is 0 Å². The van der Waals surface area contributed by atoms with Gasteiger partial charge < -0.3 is 4.90 Å². The Bertz CT molecular complexity index is 780. The number of benzene rings is 2. The van der Waals surface area contributed by atoms with Gasteiger partial charge in [-0.25, -0.2) is 4.39 Å². The van der Waals surface area contributed by atoms with Gasteiger partial charge in [0.2, 0.25) is 0 Å². The molecule has 3 rings (SSSR count). The van der Waals surface area contributed by atoms with E-state index in [0.717, 1.165) is 5.22 Å². The SMILES string of the molecule is CC1C=c2ccccc2=CN1CC(=O)c1ccc(F)cc1. The molecule has 0 aromatic heterocycles. The van der Waals surface area contributed by atoms with Gasteiger partial charge in [0.25, 0.3) is 0 Å². The highest BCUT2D eigenvalue weighted by Crippen LogP contribution is 2.09. The Morgan fingerprint density at radius 1 is 1.10 bits per heavy atom. The van der Waals surface area contributed by atoms with Crippen LogP contribution in [0.25, 0.3) is 12.3 Å². The van der Waals surface area contributed by atoms with Gasteiger partial charge in [-0.05, 0) is 41.6 Å². The third-order valence-corrected chi connectivity index (χ3v) is 3.74. The number of nitrogens with zero attached hydrogens (tertiary/aromatic N) is 1. The van der Waals surface area contributed by atoms with Crippen molar-refractivity contribution in [2.75, 3.05) is 6.54 Å². The van der Waals surface area contributed by atoms with E-state index in [1.165, 1.54) is 29.5 Å². The van der Waals surface area contributed by atoms with Crippen LogP contribution >= 0.6 is 0 Å². The lowest BCUT2D eigenvalue weighted by Crippen LogP contribution is -2.42. The molecule has 0 spiro atoms. The van der Waals surface area contributed by atoms with Gasteiger partial charge in [-0.15, -0.1) is 0 Å². The third kappa shape index (κ3) is 2.87. The normalized spacial score (nSPS) is 16.7. The Labute approximate surface area is 122 Å². The van der Waals surface area contributed by atoms with Gasteiger partial charge in [0.15, 0.2) is 5.78 Å². The number of ketones is 1. The topological polar surface area (TPSA) is 20.3 Å². The van der Waals surface area contributed by atoms with Gasteiger partial charge in [-0.1, -0.05) is 30.3 Å². The molecule has 0 amide bonds. The van der Waals surface area contributed by atoms with Gasteiger partial charge in [0, 0.05) is 17.8 Å². The summed E-state index contributed by atoms with van der Waals surface area (Å²) >= 11 is 0. The minimum Gasteiger partial charge on any atom is -0.363 e. The largest absolute Gasteiger partial charge is 0.363 e. The summed E-state index contributed by atoms with van der Waals surface area (Å²) in [7, 11) is 0. The summed E-state index contributed by atoms with van der Waals surface area (Å²) in [6, 6.07) is 14.0. The van der Waals surface area contributed by atoms with Crippen LogP contribution in [-0.2, 0) is 0 Å². The van der Waals surface area contributed by atoms with E-state index in [1.807, 2.05) is 29.3 Å². The predicted molar refractivity (Wildman–Crippen MR) is 81.5 cm³/mol. The van der Waals surface area contributed by atoms with Crippen LogP contribution in [0.1, 0.15) is 17.3 Å². The van der Waals surface area contributed by atoms with E-state index >= 15 is 0 Å². The maximum absolute atomic E-state index is 12.9. The predicted octanol–water partition coefficient (Wildman–Crippen LogP) is 1.93. The zero-order valence-corrected chi connectivity index (χ0v) is 11.8. The van der Waals surface area contributed by atoms with Gasteiger partial charge in [0.05, 0.1) is 6.54 Å². The van der Waals surface area contributed by atoms with E-state index < -0.39 is 0 Å². The van der Waals surface area contributed by atoms with Crippen molar-refractivity contribution < 1.29 is 9.18 Å². The van der Waals surface area contributed by atoms with Gasteiger partial charge in [-0.2, -0.15) is 0 Å². The molecule has 0 fully saturated rings. The smallest absolute Gasteiger partial charge is 0.182 e. The molecule has 0 aliphatic carbocycles.